The second kappa shape index (κ2) is 5.35. The van der Waals surface area contributed by atoms with Crippen molar-refractivity contribution in [3.8, 4) is 0 Å². The van der Waals surface area contributed by atoms with Crippen molar-refractivity contribution >= 4 is 23.2 Å². The lowest BCUT2D eigenvalue weighted by molar-refractivity contribution is 0.0191. The van der Waals surface area contributed by atoms with Gasteiger partial charge in [-0.3, -0.25) is 9.69 Å². The molecule has 1 aromatic carbocycles. The molecule has 0 N–H and O–H groups in total. The van der Waals surface area contributed by atoms with E-state index >= 15 is 0 Å². The predicted molar refractivity (Wildman–Crippen MR) is 88.7 cm³/mol. The van der Waals surface area contributed by atoms with Crippen LogP contribution in [0, 0.1) is 5.82 Å². The molecule has 0 aliphatic carbocycles. The van der Waals surface area contributed by atoms with Gasteiger partial charge in [0.25, 0.3) is 5.91 Å². The van der Waals surface area contributed by atoms with Gasteiger partial charge in [-0.1, -0.05) is 11.6 Å². The van der Waals surface area contributed by atoms with Gasteiger partial charge >= 0.3 is 0 Å². The van der Waals surface area contributed by atoms with Gasteiger partial charge in [-0.25, -0.2) is 4.39 Å². The molecule has 4 nitrogen and oxygen atoms in total. The van der Waals surface area contributed by atoms with Crippen molar-refractivity contribution in [2.45, 2.75) is 24.8 Å². The van der Waals surface area contributed by atoms with Crippen LogP contribution in [0.1, 0.15) is 29.6 Å². The SMILES string of the molecule is CN1CCC12CCN(C(=O)c1c(F)ccc(Cl)c1N1CCC1)C2. The van der Waals surface area contributed by atoms with Crippen molar-refractivity contribution in [3.05, 3.63) is 28.5 Å². The average molecular weight is 338 g/mol. The van der Waals surface area contributed by atoms with Crippen LogP contribution in [0.3, 0.4) is 0 Å². The van der Waals surface area contributed by atoms with Crippen molar-refractivity contribution < 1.29 is 9.18 Å². The van der Waals surface area contributed by atoms with Gasteiger partial charge < -0.3 is 9.80 Å². The topological polar surface area (TPSA) is 26.8 Å². The van der Waals surface area contributed by atoms with E-state index in [4.69, 9.17) is 11.6 Å². The fourth-order valence-electron chi connectivity index (χ4n) is 3.95. The van der Waals surface area contributed by atoms with Crippen molar-refractivity contribution in [2.75, 3.05) is 44.7 Å². The van der Waals surface area contributed by atoms with E-state index in [9.17, 15) is 9.18 Å². The first kappa shape index (κ1) is 15.2. The summed E-state index contributed by atoms with van der Waals surface area (Å²) in [6.07, 6.45) is 3.14. The molecule has 3 saturated heterocycles. The van der Waals surface area contributed by atoms with Crippen LogP contribution in [-0.4, -0.2) is 61.0 Å². The summed E-state index contributed by atoms with van der Waals surface area (Å²) in [6, 6.07) is 2.85. The Bertz CT molecular complexity index is 663. The van der Waals surface area contributed by atoms with E-state index in [1.807, 2.05) is 4.90 Å². The largest absolute Gasteiger partial charge is 0.369 e. The highest BCUT2D eigenvalue weighted by Crippen LogP contribution is 2.40. The lowest BCUT2D eigenvalue weighted by atomic mass is 9.84. The Labute approximate surface area is 140 Å². The van der Waals surface area contributed by atoms with Crippen LogP contribution in [-0.2, 0) is 0 Å². The minimum Gasteiger partial charge on any atom is -0.369 e. The molecular weight excluding hydrogens is 317 g/mol. The fraction of sp³-hybridized carbons (Fsp3) is 0.588. The second-order valence-corrected chi connectivity index (χ2v) is 7.37. The van der Waals surface area contributed by atoms with Gasteiger partial charge in [0.15, 0.2) is 0 Å². The normalized spacial score (nSPS) is 27.3. The van der Waals surface area contributed by atoms with E-state index in [0.717, 1.165) is 38.9 Å². The third kappa shape index (κ3) is 2.24. The first-order chi connectivity index (χ1) is 11.0. The molecular formula is C17H21ClFN3O. The number of likely N-dealkylation sites (N-methyl/N-ethyl adjacent to an activating group) is 1. The number of rotatable bonds is 2. The molecule has 6 heteroatoms. The van der Waals surface area contributed by atoms with Gasteiger partial charge in [0, 0.05) is 38.3 Å². The molecule has 3 aliphatic rings. The van der Waals surface area contributed by atoms with Crippen LogP contribution >= 0.6 is 11.6 Å². The molecule has 1 spiro atoms. The first-order valence-corrected chi connectivity index (χ1v) is 8.63. The number of halogens is 2. The predicted octanol–water partition coefficient (Wildman–Crippen LogP) is 2.61. The summed E-state index contributed by atoms with van der Waals surface area (Å²) in [6.45, 7) is 4.11. The standard InChI is InChI=1S/C17H21ClFN3O/c1-20-9-5-17(20)6-10-22(11-17)16(23)14-13(19)4-3-12(18)15(14)21-7-2-8-21/h3-4H,2,5-11H2,1H3. The number of benzene rings is 1. The van der Waals surface area contributed by atoms with Gasteiger partial charge in [0.1, 0.15) is 11.4 Å². The Morgan fingerprint density at radius 2 is 1.96 bits per heavy atom. The van der Waals surface area contributed by atoms with E-state index in [-0.39, 0.29) is 17.0 Å². The molecule has 0 aromatic heterocycles. The molecule has 3 heterocycles. The first-order valence-electron chi connectivity index (χ1n) is 8.25. The molecule has 0 bridgehead atoms. The third-order valence-electron chi connectivity index (χ3n) is 5.81. The number of amides is 1. The van der Waals surface area contributed by atoms with E-state index in [1.54, 1.807) is 11.0 Å². The summed E-state index contributed by atoms with van der Waals surface area (Å²) in [5.74, 6) is -0.687. The van der Waals surface area contributed by atoms with Crippen molar-refractivity contribution in [1.82, 2.24) is 9.80 Å². The monoisotopic (exact) mass is 337 g/mol. The number of carbonyl (C=O) groups excluding carboxylic acids is 1. The maximum Gasteiger partial charge on any atom is 0.259 e. The Morgan fingerprint density at radius 3 is 2.48 bits per heavy atom. The second-order valence-electron chi connectivity index (χ2n) is 6.97. The number of hydrogen-bond acceptors (Lipinski definition) is 3. The van der Waals surface area contributed by atoms with Crippen LogP contribution in [0.2, 0.25) is 5.02 Å². The van der Waals surface area contributed by atoms with Crippen LogP contribution in [0.5, 0.6) is 0 Å². The lowest BCUT2D eigenvalue weighted by Gasteiger charge is -2.48. The summed E-state index contributed by atoms with van der Waals surface area (Å²) in [5, 5.41) is 0.462. The molecule has 124 valence electrons. The molecule has 23 heavy (non-hydrogen) atoms. The highest BCUT2D eigenvalue weighted by molar-refractivity contribution is 6.34. The zero-order valence-electron chi connectivity index (χ0n) is 13.3. The molecule has 3 aliphatic heterocycles. The molecule has 4 rings (SSSR count). The fourth-order valence-corrected chi connectivity index (χ4v) is 4.23. The number of anilines is 1. The lowest BCUT2D eigenvalue weighted by Crippen LogP contribution is -2.59. The summed E-state index contributed by atoms with van der Waals surface area (Å²) in [4.78, 5) is 19.1. The third-order valence-corrected chi connectivity index (χ3v) is 6.11. The summed E-state index contributed by atoms with van der Waals surface area (Å²) in [5.41, 5.74) is 0.837. The summed E-state index contributed by atoms with van der Waals surface area (Å²) < 4.78 is 14.5. The summed E-state index contributed by atoms with van der Waals surface area (Å²) in [7, 11) is 2.10. The van der Waals surface area contributed by atoms with Gasteiger partial charge in [0.05, 0.1) is 10.7 Å². The quantitative estimate of drug-likeness (QED) is 0.830. The van der Waals surface area contributed by atoms with Gasteiger partial charge in [-0.15, -0.1) is 0 Å². The highest BCUT2D eigenvalue weighted by atomic mass is 35.5. The van der Waals surface area contributed by atoms with Gasteiger partial charge in [-0.2, -0.15) is 0 Å². The zero-order chi connectivity index (χ0) is 16.2. The van der Waals surface area contributed by atoms with Crippen molar-refractivity contribution in [2.24, 2.45) is 0 Å². The summed E-state index contributed by atoms with van der Waals surface area (Å²) >= 11 is 6.29. The minimum atomic E-state index is -0.468. The maximum atomic E-state index is 14.5. The Morgan fingerprint density at radius 1 is 1.22 bits per heavy atom. The number of nitrogens with zero attached hydrogens (tertiary/aromatic N) is 3. The van der Waals surface area contributed by atoms with Crippen molar-refractivity contribution in [1.29, 1.82) is 0 Å². The van der Waals surface area contributed by atoms with Crippen LogP contribution in [0.4, 0.5) is 10.1 Å². The van der Waals surface area contributed by atoms with Gasteiger partial charge in [-0.05, 0) is 38.4 Å². The molecule has 3 fully saturated rings. The molecule has 1 unspecified atom stereocenters. The van der Waals surface area contributed by atoms with E-state index < -0.39 is 5.82 Å². The highest BCUT2D eigenvalue weighted by Gasteiger charge is 2.48. The maximum absolute atomic E-state index is 14.5. The van der Waals surface area contributed by atoms with Crippen LogP contribution < -0.4 is 4.90 Å². The average Bonchev–Trinajstić information content (AvgIpc) is 2.95. The number of carbonyl (C=O) groups is 1. The van der Waals surface area contributed by atoms with E-state index in [2.05, 4.69) is 11.9 Å². The minimum absolute atomic E-state index is 0.113. The molecule has 0 radical (unpaired) electrons. The number of hydrogen-bond donors (Lipinski definition) is 0. The van der Waals surface area contributed by atoms with Crippen LogP contribution in [0.25, 0.3) is 0 Å². The van der Waals surface area contributed by atoms with Crippen LogP contribution in [0.15, 0.2) is 12.1 Å². The van der Waals surface area contributed by atoms with E-state index in [0.29, 0.717) is 23.8 Å². The smallest absolute Gasteiger partial charge is 0.259 e. The van der Waals surface area contributed by atoms with Gasteiger partial charge in [0.2, 0.25) is 0 Å². The van der Waals surface area contributed by atoms with Crippen molar-refractivity contribution in [3.63, 3.8) is 0 Å². The zero-order valence-corrected chi connectivity index (χ0v) is 14.1. The van der Waals surface area contributed by atoms with E-state index in [1.165, 1.54) is 6.07 Å². The number of likely N-dealkylation sites (tertiary alicyclic amines) is 2. The Balaban J connectivity index is 1.65. The molecule has 1 aromatic rings. The molecule has 1 atom stereocenters. The molecule has 1 amide bonds. The Hall–Kier alpha value is -1.33. The molecule has 0 saturated carbocycles. The Kier molecular flexibility index (Phi) is 3.54.